The summed E-state index contributed by atoms with van der Waals surface area (Å²) in [5.41, 5.74) is 1.52. The lowest BCUT2D eigenvalue weighted by molar-refractivity contribution is -0.385. The summed E-state index contributed by atoms with van der Waals surface area (Å²) in [4.78, 5) is 22.5. The van der Waals surface area contributed by atoms with Gasteiger partial charge >= 0.3 is 0 Å². The molecule has 0 unspecified atom stereocenters. The van der Waals surface area contributed by atoms with Crippen LogP contribution in [0.3, 0.4) is 0 Å². The molecule has 1 amide bonds. The number of carbonyl (C=O) groups excluding carboxylic acids is 1. The van der Waals surface area contributed by atoms with Crippen molar-refractivity contribution in [1.82, 2.24) is 15.1 Å². The summed E-state index contributed by atoms with van der Waals surface area (Å²) in [5.74, 6) is -0.369. The van der Waals surface area contributed by atoms with Crippen molar-refractivity contribution >= 4 is 27.5 Å². The lowest BCUT2D eigenvalue weighted by atomic mass is 10.1. The molecule has 0 saturated heterocycles. The van der Waals surface area contributed by atoms with Gasteiger partial charge in [0, 0.05) is 24.2 Å². The molecule has 0 bridgehead atoms. The molecule has 1 aromatic carbocycles. The van der Waals surface area contributed by atoms with Gasteiger partial charge in [0.2, 0.25) is 0 Å². The smallest absolute Gasteiger partial charge is 0.273 e. The fraction of sp³-hybridized carbons (Fsp3) is 0.231. The van der Waals surface area contributed by atoms with Gasteiger partial charge in [-0.05, 0) is 28.9 Å². The molecule has 0 aliphatic rings. The summed E-state index contributed by atoms with van der Waals surface area (Å²) in [6.45, 7) is 1.91. The van der Waals surface area contributed by atoms with Crippen LogP contribution < -0.4 is 5.32 Å². The summed E-state index contributed by atoms with van der Waals surface area (Å²) in [6, 6.07) is 4.41. The maximum absolute atomic E-state index is 12.1. The van der Waals surface area contributed by atoms with Crippen LogP contribution in [0.5, 0.6) is 0 Å². The highest BCUT2D eigenvalue weighted by Gasteiger charge is 2.15. The second-order valence-corrected chi connectivity index (χ2v) is 5.36. The van der Waals surface area contributed by atoms with E-state index in [1.807, 2.05) is 0 Å². The SMILES string of the molecule is Cc1ccc(C(=O)NCc2c(Br)cnn2C)cc1[N+](=O)[O-]. The topological polar surface area (TPSA) is 90.1 Å². The standard InChI is InChI=1S/C13H13BrN4O3/c1-8-3-4-9(5-11(8)18(20)21)13(19)15-7-12-10(14)6-16-17(12)2/h3-6H,7H2,1-2H3,(H,15,19). The third-order valence-corrected chi connectivity index (χ3v) is 3.76. The van der Waals surface area contributed by atoms with E-state index in [4.69, 9.17) is 0 Å². The van der Waals surface area contributed by atoms with E-state index in [2.05, 4.69) is 26.3 Å². The van der Waals surface area contributed by atoms with E-state index in [9.17, 15) is 14.9 Å². The zero-order chi connectivity index (χ0) is 15.6. The van der Waals surface area contributed by atoms with Crippen molar-refractivity contribution in [3.05, 3.63) is 55.8 Å². The van der Waals surface area contributed by atoms with Gasteiger partial charge in [-0.1, -0.05) is 6.07 Å². The van der Waals surface area contributed by atoms with E-state index in [1.165, 1.54) is 6.07 Å². The first-order chi connectivity index (χ1) is 9.90. The van der Waals surface area contributed by atoms with Crippen LogP contribution in [0.15, 0.2) is 28.9 Å². The molecule has 0 atom stereocenters. The second kappa shape index (κ2) is 6.04. The molecule has 1 aromatic heterocycles. The van der Waals surface area contributed by atoms with Gasteiger partial charge in [-0.15, -0.1) is 0 Å². The molecule has 0 fully saturated rings. The van der Waals surface area contributed by atoms with Gasteiger partial charge in [-0.2, -0.15) is 5.10 Å². The van der Waals surface area contributed by atoms with E-state index in [0.717, 1.165) is 10.2 Å². The van der Waals surface area contributed by atoms with E-state index in [1.54, 1.807) is 37.0 Å². The normalized spacial score (nSPS) is 10.4. The molecule has 2 rings (SSSR count). The molecule has 110 valence electrons. The number of aryl methyl sites for hydroxylation is 2. The molecular formula is C13H13BrN4O3. The van der Waals surface area contributed by atoms with Crippen LogP contribution in [0.2, 0.25) is 0 Å². The number of rotatable bonds is 4. The third-order valence-electron chi connectivity index (χ3n) is 3.10. The molecular weight excluding hydrogens is 340 g/mol. The Bertz CT molecular complexity index is 692. The molecule has 0 radical (unpaired) electrons. The molecule has 8 heteroatoms. The summed E-state index contributed by atoms with van der Waals surface area (Å²) < 4.78 is 2.43. The number of nitro groups is 1. The van der Waals surface area contributed by atoms with Crippen molar-refractivity contribution < 1.29 is 9.72 Å². The van der Waals surface area contributed by atoms with Gasteiger partial charge in [-0.25, -0.2) is 0 Å². The Morgan fingerprint density at radius 3 is 2.81 bits per heavy atom. The molecule has 7 nitrogen and oxygen atoms in total. The Labute approximate surface area is 129 Å². The van der Waals surface area contributed by atoms with Crippen LogP contribution in [0.1, 0.15) is 21.6 Å². The molecule has 0 aliphatic heterocycles. The maximum atomic E-state index is 12.1. The Kier molecular flexibility index (Phi) is 4.37. The maximum Gasteiger partial charge on any atom is 0.273 e. The highest BCUT2D eigenvalue weighted by Crippen LogP contribution is 2.19. The van der Waals surface area contributed by atoms with Gasteiger partial charge < -0.3 is 5.32 Å². The van der Waals surface area contributed by atoms with Gasteiger partial charge in [0.25, 0.3) is 11.6 Å². The number of halogens is 1. The van der Waals surface area contributed by atoms with E-state index in [-0.39, 0.29) is 23.7 Å². The van der Waals surface area contributed by atoms with Crippen molar-refractivity contribution in [3.63, 3.8) is 0 Å². The fourth-order valence-corrected chi connectivity index (χ4v) is 2.34. The van der Waals surface area contributed by atoms with Crippen molar-refractivity contribution in [2.75, 3.05) is 0 Å². The van der Waals surface area contributed by atoms with Gasteiger partial charge in [0.1, 0.15) is 0 Å². The Balaban J connectivity index is 2.14. The number of nitrogens with zero attached hydrogens (tertiary/aromatic N) is 3. The minimum atomic E-state index is -0.496. The Morgan fingerprint density at radius 1 is 1.52 bits per heavy atom. The minimum absolute atomic E-state index is 0.0654. The van der Waals surface area contributed by atoms with E-state index < -0.39 is 4.92 Å². The average Bonchev–Trinajstić information content (AvgIpc) is 2.75. The monoisotopic (exact) mass is 352 g/mol. The van der Waals surface area contributed by atoms with Crippen molar-refractivity contribution in [2.24, 2.45) is 7.05 Å². The number of benzene rings is 1. The van der Waals surface area contributed by atoms with Crippen LogP contribution in [-0.4, -0.2) is 20.6 Å². The average molecular weight is 353 g/mol. The quantitative estimate of drug-likeness (QED) is 0.675. The van der Waals surface area contributed by atoms with Crippen LogP contribution in [0, 0.1) is 17.0 Å². The number of aromatic nitrogens is 2. The highest BCUT2D eigenvalue weighted by molar-refractivity contribution is 9.10. The van der Waals surface area contributed by atoms with Crippen LogP contribution in [0.25, 0.3) is 0 Å². The van der Waals surface area contributed by atoms with Crippen molar-refractivity contribution in [3.8, 4) is 0 Å². The molecule has 1 heterocycles. The summed E-state index contributed by atoms with van der Waals surface area (Å²) >= 11 is 3.34. The first-order valence-corrected chi connectivity index (χ1v) is 6.89. The first kappa shape index (κ1) is 15.2. The Morgan fingerprint density at radius 2 is 2.24 bits per heavy atom. The number of hydrogen-bond acceptors (Lipinski definition) is 4. The summed E-state index contributed by atoms with van der Waals surface area (Å²) in [7, 11) is 1.77. The minimum Gasteiger partial charge on any atom is -0.346 e. The predicted molar refractivity (Wildman–Crippen MR) is 79.9 cm³/mol. The second-order valence-electron chi connectivity index (χ2n) is 4.50. The third kappa shape index (κ3) is 3.27. The van der Waals surface area contributed by atoms with Crippen LogP contribution >= 0.6 is 15.9 Å². The number of hydrogen-bond donors (Lipinski definition) is 1. The lowest BCUT2D eigenvalue weighted by Gasteiger charge is -2.07. The molecule has 21 heavy (non-hydrogen) atoms. The number of carbonyl (C=O) groups is 1. The van der Waals surface area contributed by atoms with Gasteiger partial charge in [0.15, 0.2) is 0 Å². The molecule has 0 saturated carbocycles. The lowest BCUT2D eigenvalue weighted by Crippen LogP contribution is -2.24. The molecule has 0 spiro atoms. The molecule has 1 N–H and O–H groups in total. The Hall–Kier alpha value is -2.22. The number of nitro benzene ring substituents is 1. The largest absolute Gasteiger partial charge is 0.346 e. The first-order valence-electron chi connectivity index (χ1n) is 6.09. The van der Waals surface area contributed by atoms with Crippen LogP contribution in [-0.2, 0) is 13.6 Å². The van der Waals surface area contributed by atoms with Gasteiger partial charge in [-0.3, -0.25) is 19.6 Å². The van der Waals surface area contributed by atoms with E-state index in [0.29, 0.717) is 5.56 Å². The summed E-state index contributed by atoms with van der Waals surface area (Å²) in [6.07, 6.45) is 1.64. The van der Waals surface area contributed by atoms with Gasteiger partial charge in [0.05, 0.1) is 27.8 Å². The zero-order valence-electron chi connectivity index (χ0n) is 11.5. The number of nitrogens with one attached hydrogen (secondary N) is 1. The number of amides is 1. The summed E-state index contributed by atoms with van der Waals surface area (Å²) in [5, 5.41) is 17.6. The van der Waals surface area contributed by atoms with Crippen molar-refractivity contribution in [2.45, 2.75) is 13.5 Å². The van der Waals surface area contributed by atoms with Crippen molar-refractivity contribution in [1.29, 1.82) is 0 Å². The predicted octanol–water partition coefficient (Wildman–Crippen LogP) is 2.33. The molecule has 0 aliphatic carbocycles. The van der Waals surface area contributed by atoms with Crippen LogP contribution in [0.4, 0.5) is 5.69 Å². The zero-order valence-corrected chi connectivity index (χ0v) is 13.0. The highest BCUT2D eigenvalue weighted by atomic mass is 79.9. The fourth-order valence-electron chi connectivity index (χ4n) is 1.85. The molecule has 2 aromatic rings. The van der Waals surface area contributed by atoms with E-state index >= 15 is 0 Å².